The topological polar surface area (TPSA) is 33.4 Å². The molecule has 0 N–H and O–H groups in total. The molecule has 0 unspecified atom stereocenters. The maximum atomic E-state index is 5.15. The maximum absolute atomic E-state index is 5.15. The molecule has 0 aromatic carbocycles. The SMILES string of the molecule is S=C(N1C#CCN=C1)n1ccnc1. The molecule has 1 aliphatic heterocycles. The lowest BCUT2D eigenvalue weighted by molar-refractivity contribution is 0.843. The first-order valence-electron chi connectivity index (χ1n) is 3.68. The van der Waals surface area contributed by atoms with Gasteiger partial charge in [0.25, 0.3) is 0 Å². The Morgan fingerprint density at radius 2 is 2.46 bits per heavy atom. The van der Waals surface area contributed by atoms with Crippen molar-refractivity contribution in [3.05, 3.63) is 18.7 Å². The first-order valence-corrected chi connectivity index (χ1v) is 4.09. The monoisotopic (exact) mass is 190 g/mol. The first kappa shape index (κ1) is 7.95. The van der Waals surface area contributed by atoms with Gasteiger partial charge in [-0.25, -0.2) is 9.88 Å². The Labute approximate surface area is 80.9 Å². The zero-order valence-electron chi connectivity index (χ0n) is 6.71. The molecule has 2 heterocycles. The molecule has 0 saturated carbocycles. The highest BCUT2D eigenvalue weighted by Crippen LogP contribution is 1.95. The Hall–Kier alpha value is -1.67. The fraction of sp³-hybridized carbons (Fsp3) is 0.125. The van der Waals surface area contributed by atoms with E-state index in [0.29, 0.717) is 11.7 Å². The Balaban J connectivity index is 2.21. The summed E-state index contributed by atoms with van der Waals surface area (Å²) in [6.45, 7) is 0.545. The number of imidazole rings is 1. The molecule has 4 nitrogen and oxygen atoms in total. The highest BCUT2D eigenvalue weighted by atomic mass is 32.1. The number of nitrogens with zero attached hydrogens (tertiary/aromatic N) is 4. The molecule has 13 heavy (non-hydrogen) atoms. The molecule has 0 amide bonds. The zero-order valence-corrected chi connectivity index (χ0v) is 7.53. The van der Waals surface area contributed by atoms with E-state index in [-0.39, 0.29) is 0 Å². The quantitative estimate of drug-likeness (QED) is 0.436. The number of aliphatic imine (C=N–C) groups is 1. The van der Waals surface area contributed by atoms with Crippen molar-refractivity contribution in [2.24, 2.45) is 4.99 Å². The van der Waals surface area contributed by atoms with Crippen molar-refractivity contribution in [3.8, 4) is 12.0 Å². The van der Waals surface area contributed by atoms with E-state index in [9.17, 15) is 0 Å². The molecule has 1 aliphatic rings. The minimum absolute atomic E-state index is 0.545. The number of hydrogen-bond donors (Lipinski definition) is 0. The fourth-order valence-corrected chi connectivity index (χ4v) is 1.11. The molecule has 0 saturated heterocycles. The second-order valence-electron chi connectivity index (χ2n) is 2.37. The van der Waals surface area contributed by atoms with Crippen LogP contribution in [0.5, 0.6) is 0 Å². The van der Waals surface area contributed by atoms with Crippen LogP contribution in [0.15, 0.2) is 23.7 Å². The summed E-state index contributed by atoms with van der Waals surface area (Å²) in [5.74, 6) is 2.83. The van der Waals surface area contributed by atoms with Crippen LogP contribution < -0.4 is 0 Å². The van der Waals surface area contributed by atoms with Crippen LogP contribution in [0.4, 0.5) is 0 Å². The number of aromatic nitrogens is 2. The van der Waals surface area contributed by atoms with Crippen molar-refractivity contribution in [1.82, 2.24) is 14.5 Å². The van der Waals surface area contributed by atoms with E-state index in [1.807, 2.05) is 0 Å². The summed E-state index contributed by atoms with van der Waals surface area (Å²) in [6.07, 6.45) is 6.69. The van der Waals surface area contributed by atoms with Crippen molar-refractivity contribution >= 4 is 23.7 Å². The van der Waals surface area contributed by atoms with E-state index in [2.05, 4.69) is 21.9 Å². The molecular formula is C8H6N4S. The third kappa shape index (κ3) is 1.58. The van der Waals surface area contributed by atoms with Crippen molar-refractivity contribution in [2.75, 3.05) is 6.54 Å². The van der Waals surface area contributed by atoms with Gasteiger partial charge in [0.1, 0.15) is 19.2 Å². The van der Waals surface area contributed by atoms with E-state index < -0.39 is 0 Å². The van der Waals surface area contributed by atoms with Gasteiger partial charge in [-0.2, -0.15) is 0 Å². The molecule has 0 bridgehead atoms. The Morgan fingerprint density at radius 3 is 3.08 bits per heavy atom. The summed E-state index contributed by atoms with van der Waals surface area (Å²) >= 11 is 5.15. The van der Waals surface area contributed by atoms with Gasteiger partial charge < -0.3 is 0 Å². The highest BCUT2D eigenvalue weighted by molar-refractivity contribution is 7.80. The molecule has 0 fully saturated rings. The van der Waals surface area contributed by atoms with Gasteiger partial charge >= 0.3 is 0 Å². The Kier molecular flexibility index (Phi) is 2.06. The normalized spacial score (nSPS) is 13.7. The predicted octanol–water partition coefficient (Wildman–Crippen LogP) is 0.321. The average Bonchev–Trinajstić information content (AvgIpc) is 2.71. The summed E-state index contributed by atoms with van der Waals surface area (Å²) in [5, 5.41) is 0.563. The second kappa shape index (κ2) is 3.37. The van der Waals surface area contributed by atoms with Crippen molar-refractivity contribution < 1.29 is 0 Å². The number of rotatable bonds is 0. The van der Waals surface area contributed by atoms with Gasteiger partial charge in [0.15, 0.2) is 5.11 Å². The van der Waals surface area contributed by atoms with Crippen molar-refractivity contribution in [1.29, 1.82) is 0 Å². The van der Waals surface area contributed by atoms with E-state index in [4.69, 9.17) is 12.2 Å². The van der Waals surface area contributed by atoms with Gasteiger partial charge in [0.2, 0.25) is 0 Å². The standard InChI is InChI=1S/C8H6N4S/c13-8(12-5-3-10-7-12)11-4-1-2-9-6-11/h3,5-7H,2H2. The molecular weight excluding hydrogens is 184 g/mol. The van der Waals surface area contributed by atoms with Crippen molar-refractivity contribution in [2.45, 2.75) is 0 Å². The van der Waals surface area contributed by atoms with Gasteiger partial charge in [-0.05, 0) is 12.2 Å². The lowest BCUT2D eigenvalue weighted by Gasteiger charge is -2.14. The first-order chi connectivity index (χ1) is 6.38. The number of hydrogen-bond acceptors (Lipinski definition) is 3. The molecule has 1 aromatic rings. The molecule has 5 heteroatoms. The molecule has 1 aromatic heterocycles. The minimum Gasteiger partial charge on any atom is -0.282 e. The van der Waals surface area contributed by atoms with E-state index in [1.54, 1.807) is 34.5 Å². The molecule has 2 rings (SSSR count). The summed E-state index contributed by atoms with van der Waals surface area (Å²) < 4.78 is 1.71. The van der Waals surface area contributed by atoms with Crippen LogP contribution in [0.25, 0.3) is 0 Å². The lowest BCUT2D eigenvalue weighted by Crippen LogP contribution is -2.29. The summed E-state index contributed by atoms with van der Waals surface area (Å²) in [6, 6.07) is 2.85. The summed E-state index contributed by atoms with van der Waals surface area (Å²) in [4.78, 5) is 9.49. The summed E-state index contributed by atoms with van der Waals surface area (Å²) in [5.41, 5.74) is 0. The molecule has 0 aliphatic carbocycles. The molecule has 0 atom stereocenters. The van der Waals surface area contributed by atoms with Crippen LogP contribution in [0.2, 0.25) is 0 Å². The molecule has 0 radical (unpaired) electrons. The lowest BCUT2D eigenvalue weighted by atomic mass is 10.6. The Bertz CT molecular complexity index is 396. The molecule has 64 valence electrons. The van der Waals surface area contributed by atoms with Gasteiger partial charge in [-0.1, -0.05) is 5.92 Å². The van der Waals surface area contributed by atoms with Gasteiger partial charge in [-0.3, -0.25) is 9.56 Å². The largest absolute Gasteiger partial charge is 0.282 e. The van der Waals surface area contributed by atoms with Crippen LogP contribution in [0.3, 0.4) is 0 Å². The third-order valence-corrected chi connectivity index (χ3v) is 1.91. The predicted molar refractivity (Wildman–Crippen MR) is 53.2 cm³/mol. The van der Waals surface area contributed by atoms with Crippen LogP contribution in [0, 0.1) is 12.0 Å². The van der Waals surface area contributed by atoms with Gasteiger partial charge in [0.05, 0.1) is 0 Å². The van der Waals surface area contributed by atoms with Gasteiger partial charge in [-0.15, -0.1) is 0 Å². The van der Waals surface area contributed by atoms with Crippen LogP contribution >= 0.6 is 12.2 Å². The number of thiocarbonyl (C=S) groups is 1. The van der Waals surface area contributed by atoms with E-state index >= 15 is 0 Å². The zero-order chi connectivity index (χ0) is 9.10. The molecule has 0 spiro atoms. The summed E-state index contributed by atoms with van der Waals surface area (Å²) in [7, 11) is 0. The van der Waals surface area contributed by atoms with Crippen LogP contribution in [-0.4, -0.2) is 32.4 Å². The maximum Gasteiger partial charge on any atom is 0.198 e. The fourth-order valence-electron chi connectivity index (χ4n) is 0.911. The van der Waals surface area contributed by atoms with Crippen molar-refractivity contribution in [3.63, 3.8) is 0 Å². The Morgan fingerprint density at radius 1 is 1.54 bits per heavy atom. The second-order valence-corrected chi connectivity index (χ2v) is 2.73. The van der Waals surface area contributed by atoms with Gasteiger partial charge in [0, 0.05) is 18.4 Å². The minimum atomic E-state index is 0.545. The smallest absolute Gasteiger partial charge is 0.198 e. The van der Waals surface area contributed by atoms with Crippen LogP contribution in [0.1, 0.15) is 0 Å². The third-order valence-electron chi connectivity index (χ3n) is 1.50. The highest BCUT2D eigenvalue weighted by Gasteiger charge is 2.06. The van der Waals surface area contributed by atoms with E-state index in [0.717, 1.165) is 0 Å². The average molecular weight is 190 g/mol. The van der Waals surface area contributed by atoms with E-state index in [1.165, 1.54) is 0 Å². The van der Waals surface area contributed by atoms with Crippen LogP contribution in [-0.2, 0) is 0 Å².